The molecule has 2 rings (SSSR count). The third kappa shape index (κ3) is 7.19. The molecular weight excluding hydrogens is 358 g/mol. The second-order valence-electron chi connectivity index (χ2n) is 6.34. The fourth-order valence-corrected chi connectivity index (χ4v) is 2.56. The number of amides is 1. The van der Waals surface area contributed by atoms with E-state index >= 15 is 0 Å². The smallest absolute Gasteiger partial charge is 0.269 e. The number of hydrazone groups is 1. The first-order valence-electron chi connectivity index (χ1n) is 9.37. The Bertz CT molecular complexity index is 804. The molecular formula is C21H25N3O4. The number of nitrogens with one attached hydrogen (secondary N) is 1. The lowest BCUT2D eigenvalue weighted by atomic mass is 10.1. The van der Waals surface area contributed by atoms with Crippen LogP contribution < -0.4 is 10.2 Å². The normalized spacial score (nSPS) is 10.8. The van der Waals surface area contributed by atoms with Crippen LogP contribution in [0.25, 0.3) is 0 Å². The average Bonchev–Trinajstić information content (AvgIpc) is 2.69. The predicted molar refractivity (Wildman–Crippen MR) is 109 cm³/mol. The van der Waals surface area contributed by atoms with Crippen molar-refractivity contribution in [3.05, 3.63) is 69.8 Å². The number of nitrogens with zero attached hydrogens (tertiary/aromatic N) is 2. The standard InChI is InChI=1S/C21H25N3O4/c1-2-3-4-7-14-28-20-9-6-5-8-18(20)16-22-23-21(25)15-17-10-12-19(13-11-17)24(26)27/h5-6,8-13,16H,2-4,7,14-15H2,1H3,(H,23,25). The van der Waals surface area contributed by atoms with Crippen LogP contribution in [0.5, 0.6) is 5.75 Å². The number of carbonyl (C=O) groups excluding carboxylic acids is 1. The maximum Gasteiger partial charge on any atom is 0.269 e. The van der Waals surface area contributed by atoms with Crippen LogP contribution in [0.3, 0.4) is 0 Å². The van der Waals surface area contributed by atoms with Gasteiger partial charge in [0.1, 0.15) is 5.75 Å². The van der Waals surface area contributed by atoms with E-state index in [0.29, 0.717) is 12.2 Å². The van der Waals surface area contributed by atoms with Gasteiger partial charge in [0.15, 0.2) is 0 Å². The van der Waals surface area contributed by atoms with Gasteiger partial charge in [-0.2, -0.15) is 5.10 Å². The van der Waals surface area contributed by atoms with Gasteiger partial charge in [-0.25, -0.2) is 5.43 Å². The molecule has 2 aromatic rings. The van der Waals surface area contributed by atoms with Gasteiger partial charge in [0.2, 0.25) is 5.91 Å². The molecule has 2 aromatic carbocycles. The van der Waals surface area contributed by atoms with E-state index in [1.807, 2.05) is 24.3 Å². The number of hydrogen-bond donors (Lipinski definition) is 1. The Morgan fingerprint density at radius 1 is 1.14 bits per heavy atom. The summed E-state index contributed by atoms with van der Waals surface area (Å²) in [6.07, 6.45) is 6.17. The van der Waals surface area contributed by atoms with Gasteiger partial charge in [0.25, 0.3) is 5.69 Å². The maximum absolute atomic E-state index is 12.0. The number of para-hydroxylation sites is 1. The monoisotopic (exact) mass is 383 g/mol. The van der Waals surface area contributed by atoms with Crippen LogP contribution in [0.1, 0.15) is 43.7 Å². The molecule has 1 N–H and O–H groups in total. The molecule has 1 amide bonds. The van der Waals surface area contributed by atoms with E-state index in [2.05, 4.69) is 17.5 Å². The van der Waals surface area contributed by atoms with E-state index in [0.717, 1.165) is 24.2 Å². The van der Waals surface area contributed by atoms with Crippen molar-refractivity contribution < 1.29 is 14.5 Å². The zero-order valence-corrected chi connectivity index (χ0v) is 16.0. The molecule has 0 radical (unpaired) electrons. The van der Waals surface area contributed by atoms with Crippen molar-refractivity contribution in [2.75, 3.05) is 6.61 Å². The summed E-state index contributed by atoms with van der Waals surface area (Å²) >= 11 is 0. The predicted octanol–water partition coefficient (Wildman–Crippen LogP) is 4.25. The van der Waals surface area contributed by atoms with Crippen LogP contribution in [0.15, 0.2) is 53.6 Å². The van der Waals surface area contributed by atoms with Crippen LogP contribution >= 0.6 is 0 Å². The summed E-state index contributed by atoms with van der Waals surface area (Å²) in [7, 11) is 0. The second-order valence-corrected chi connectivity index (χ2v) is 6.34. The first-order chi connectivity index (χ1) is 13.6. The number of nitro benzene ring substituents is 1. The van der Waals surface area contributed by atoms with Gasteiger partial charge >= 0.3 is 0 Å². The number of benzene rings is 2. The van der Waals surface area contributed by atoms with Crippen molar-refractivity contribution in [2.24, 2.45) is 5.10 Å². The SMILES string of the molecule is CCCCCCOc1ccccc1C=NNC(=O)Cc1ccc([N+](=O)[O-])cc1. The number of rotatable bonds is 11. The van der Waals surface area contributed by atoms with Crippen molar-refractivity contribution >= 4 is 17.8 Å². The minimum absolute atomic E-state index is 0.00604. The summed E-state index contributed by atoms with van der Waals surface area (Å²) in [5, 5.41) is 14.6. The zero-order valence-electron chi connectivity index (χ0n) is 16.0. The van der Waals surface area contributed by atoms with Crippen LogP contribution in [-0.2, 0) is 11.2 Å². The Labute approximate surface area is 164 Å². The highest BCUT2D eigenvalue weighted by atomic mass is 16.6. The van der Waals surface area contributed by atoms with Crippen molar-refractivity contribution in [1.82, 2.24) is 5.43 Å². The molecule has 0 unspecified atom stereocenters. The minimum atomic E-state index is -0.475. The van der Waals surface area contributed by atoms with E-state index < -0.39 is 4.92 Å². The van der Waals surface area contributed by atoms with Crippen molar-refractivity contribution in [3.8, 4) is 5.75 Å². The average molecular weight is 383 g/mol. The highest BCUT2D eigenvalue weighted by Crippen LogP contribution is 2.16. The summed E-state index contributed by atoms with van der Waals surface area (Å²) in [5.41, 5.74) is 3.92. The van der Waals surface area contributed by atoms with Crippen molar-refractivity contribution in [3.63, 3.8) is 0 Å². The molecule has 7 heteroatoms. The second kappa shape index (κ2) is 11.5. The fraction of sp³-hybridized carbons (Fsp3) is 0.333. The van der Waals surface area contributed by atoms with Crippen LogP contribution in [0, 0.1) is 10.1 Å². The van der Waals surface area contributed by atoms with E-state index in [4.69, 9.17) is 4.74 Å². The Morgan fingerprint density at radius 2 is 1.89 bits per heavy atom. The van der Waals surface area contributed by atoms with Crippen LogP contribution in [0.4, 0.5) is 5.69 Å². The lowest BCUT2D eigenvalue weighted by molar-refractivity contribution is -0.384. The molecule has 0 saturated carbocycles. The van der Waals surface area contributed by atoms with E-state index in [1.165, 1.54) is 25.0 Å². The number of hydrogen-bond acceptors (Lipinski definition) is 5. The molecule has 0 atom stereocenters. The Balaban J connectivity index is 1.84. The van der Waals surface area contributed by atoms with Gasteiger partial charge in [0.05, 0.1) is 24.2 Å². The summed E-state index contributed by atoms with van der Waals surface area (Å²) in [5.74, 6) is 0.426. The number of carbonyl (C=O) groups is 1. The Morgan fingerprint density at radius 3 is 2.61 bits per heavy atom. The van der Waals surface area contributed by atoms with E-state index in [-0.39, 0.29) is 18.0 Å². The summed E-state index contributed by atoms with van der Waals surface area (Å²) in [6, 6.07) is 13.4. The topological polar surface area (TPSA) is 93.8 Å². The van der Waals surface area contributed by atoms with E-state index in [1.54, 1.807) is 18.3 Å². The minimum Gasteiger partial charge on any atom is -0.493 e. The van der Waals surface area contributed by atoms with Gasteiger partial charge in [-0.15, -0.1) is 0 Å². The highest BCUT2D eigenvalue weighted by Gasteiger charge is 2.07. The van der Waals surface area contributed by atoms with Gasteiger partial charge in [0, 0.05) is 17.7 Å². The number of ether oxygens (including phenoxy) is 1. The molecule has 0 heterocycles. The van der Waals surface area contributed by atoms with Crippen molar-refractivity contribution in [2.45, 2.75) is 39.0 Å². The molecule has 0 aromatic heterocycles. The molecule has 0 aliphatic carbocycles. The fourth-order valence-electron chi connectivity index (χ4n) is 2.56. The van der Waals surface area contributed by atoms with Gasteiger partial charge in [-0.05, 0) is 24.1 Å². The Kier molecular flexibility index (Phi) is 8.65. The molecule has 28 heavy (non-hydrogen) atoms. The quantitative estimate of drug-likeness (QED) is 0.272. The molecule has 0 aliphatic rings. The third-order valence-corrected chi connectivity index (χ3v) is 4.08. The highest BCUT2D eigenvalue weighted by molar-refractivity contribution is 5.85. The summed E-state index contributed by atoms with van der Waals surface area (Å²) in [4.78, 5) is 22.2. The largest absolute Gasteiger partial charge is 0.493 e. The molecule has 0 aliphatic heterocycles. The van der Waals surface area contributed by atoms with Crippen LogP contribution in [0.2, 0.25) is 0 Å². The first kappa shape index (κ1) is 21.1. The Hall–Kier alpha value is -3.22. The molecule has 0 saturated heterocycles. The summed E-state index contributed by atoms with van der Waals surface area (Å²) in [6.45, 7) is 2.82. The lowest BCUT2D eigenvalue weighted by Crippen LogP contribution is -2.19. The first-order valence-corrected chi connectivity index (χ1v) is 9.37. The van der Waals surface area contributed by atoms with Gasteiger partial charge in [-0.1, -0.05) is 50.5 Å². The van der Waals surface area contributed by atoms with Gasteiger partial charge < -0.3 is 4.74 Å². The number of non-ortho nitro benzene ring substituents is 1. The van der Waals surface area contributed by atoms with Crippen LogP contribution in [-0.4, -0.2) is 23.7 Å². The molecule has 0 bridgehead atoms. The summed E-state index contributed by atoms with van der Waals surface area (Å²) < 4.78 is 5.81. The zero-order chi connectivity index (χ0) is 20.2. The van der Waals surface area contributed by atoms with E-state index in [9.17, 15) is 14.9 Å². The third-order valence-electron chi connectivity index (χ3n) is 4.08. The molecule has 0 fully saturated rings. The molecule has 148 valence electrons. The molecule has 0 spiro atoms. The lowest BCUT2D eigenvalue weighted by Gasteiger charge is -2.08. The number of nitro groups is 1. The molecule has 7 nitrogen and oxygen atoms in total. The number of unbranched alkanes of at least 4 members (excludes halogenated alkanes) is 3. The van der Waals surface area contributed by atoms with Crippen molar-refractivity contribution in [1.29, 1.82) is 0 Å². The maximum atomic E-state index is 12.0. The van der Waals surface area contributed by atoms with Gasteiger partial charge in [-0.3, -0.25) is 14.9 Å².